The summed E-state index contributed by atoms with van der Waals surface area (Å²) >= 11 is 0. The fourth-order valence-electron chi connectivity index (χ4n) is 4.97. The van der Waals surface area contributed by atoms with Gasteiger partial charge >= 0.3 is 12.1 Å². The maximum absolute atomic E-state index is 13.2. The van der Waals surface area contributed by atoms with Gasteiger partial charge in [-0.3, -0.25) is 9.59 Å². The number of carbonyl (C=O) groups is 3. The molecule has 2 amide bonds. The minimum Gasteiger partial charge on any atom is -0.481 e. The number of hydrogen-bond acceptors (Lipinski definition) is 5. The number of benzene rings is 2. The molecule has 2 atom stereocenters. The molecule has 2 aromatic carbocycles. The largest absolute Gasteiger partial charge is 0.481 e. The standard InChI is InChI=1S/C27H33N3O5/c1-27(25(32)33)13-15-30(17-27)24(31)23(12-14-29(2)3)28-26(34)35-16-22-20-10-6-4-8-18(20)19-9-5-7-11-21(19)22/h4-11,22-23H,12-17H2,1-3H3,(H,28,34)(H,32,33). The van der Waals surface area contributed by atoms with E-state index >= 15 is 0 Å². The summed E-state index contributed by atoms with van der Waals surface area (Å²) in [6, 6.07) is 15.4. The lowest BCUT2D eigenvalue weighted by Crippen LogP contribution is -2.50. The van der Waals surface area contributed by atoms with Gasteiger partial charge in [-0.1, -0.05) is 48.5 Å². The topological polar surface area (TPSA) is 99.2 Å². The van der Waals surface area contributed by atoms with E-state index in [2.05, 4.69) is 29.6 Å². The van der Waals surface area contributed by atoms with Crippen LogP contribution < -0.4 is 5.32 Å². The van der Waals surface area contributed by atoms with Crippen molar-refractivity contribution in [2.75, 3.05) is 40.3 Å². The van der Waals surface area contributed by atoms with Crippen molar-refractivity contribution >= 4 is 18.0 Å². The van der Waals surface area contributed by atoms with E-state index in [4.69, 9.17) is 4.74 Å². The molecule has 8 nitrogen and oxygen atoms in total. The predicted molar refractivity (Wildman–Crippen MR) is 132 cm³/mol. The lowest BCUT2D eigenvalue weighted by molar-refractivity contribution is -0.147. The number of likely N-dealkylation sites (tertiary alicyclic amines) is 1. The molecule has 0 aromatic heterocycles. The maximum Gasteiger partial charge on any atom is 0.407 e. The van der Waals surface area contributed by atoms with Gasteiger partial charge in [-0.25, -0.2) is 4.79 Å². The Morgan fingerprint density at radius 3 is 2.26 bits per heavy atom. The Hall–Kier alpha value is -3.39. The molecule has 35 heavy (non-hydrogen) atoms. The van der Waals surface area contributed by atoms with E-state index in [1.807, 2.05) is 43.3 Å². The van der Waals surface area contributed by atoms with Crippen molar-refractivity contribution in [3.63, 3.8) is 0 Å². The highest BCUT2D eigenvalue weighted by Crippen LogP contribution is 2.44. The van der Waals surface area contributed by atoms with Crippen molar-refractivity contribution in [3.05, 3.63) is 59.7 Å². The monoisotopic (exact) mass is 479 g/mol. The first kappa shape index (κ1) is 24.7. The second-order valence-corrected chi connectivity index (χ2v) is 9.99. The molecule has 2 unspecified atom stereocenters. The molecular weight excluding hydrogens is 446 g/mol. The Balaban J connectivity index is 1.42. The summed E-state index contributed by atoms with van der Waals surface area (Å²) in [6.07, 6.45) is 0.139. The molecule has 1 saturated heterocycles. The third kappa shape index (κ3) is 5.17. The Morgan fingerprint density at radius 2 is 1.71 bits per heavy atom. The minimum atomic E-state index is -0.967. The Bertz CT molecular complexity index is 1070. The quantitative estimate of drug-likeness (QED) is 0.604. The number of rotatable bonds is 8. The molecule has 1 aliphatic carbocycles. The van der Waals surface area contributed by atoms with Crippen molar-refractivity contribution in [1.29, 1.82) is 0 Å². The Labute approximate surface area is 205 Å². The van der Waals surface area contributed by atoms with Crippen LogP contribution in [0.5, 0.6) is 0 Å². The lowest BCUT2D eigenvalue weighted by atomic mass is 9.90. The molecule has 0 bridgehead atoms. The number of aliphatic carboxylic acids is 1. The molecule has 8 heteroatoms. The molecule has 186 valence electrons. The van der Waals surface area contributed by atoms with E-state index in [1.165, 1.54) is 4.90 Å². The normalized spacial score (nSPS) is 19.8. The zero-order chi connectivity index (χ0) is 25.2. The lowest BCUT2D eigenvalue weighted by Gasteiger charge is -2.26. The number of carboxylic acid groups (broad SMARTS) is 1. The van der Waals surface area contributed by atoms with Crippen LogP contribution in [0.15, 0.2) is 48.5 Å². The number of nitrogens with zero attached hydrogens (tertiary/aromatic N) is 2. The molecule has 2 aliphatic rings. The number of amides is 2. The molecule has 0 spiro atoms. The molecular formula is C27H33N3O5. The molecule has 1 heterocycles. The van der Waals surface area contributed by atoms with Crippen LogP contribution in [0.4, 0.5) is 4.79 Å². The van der Waals surface area contributed by atoms with Gasteiger partial charge in [0.05, 0.1) is 5.41 Å². The van der Waals surface area contributed by atoms with Crippen molar-refractivity contribution < 1.29 is 24.2 Å². The average molecular weight is 480 g/mol. The van der Waals surface area contributed by atoms with E-state index < -0.39 is 23.5 Å². The van der Waals surface area contributed by atoms with E-state index in [-0.39, 0.29) is 25.0 Å². The van der Waals surface area contributed by atoms with E-state index in [9.17, 15) is 19.5 Å². The van der Waals surface area contributed by atoms with Gasteiger partial charge in [-0.15, -0.1) is 0 Å². The number of carboxylic acids is 1. The number of alkyl carbamates (subject to hydrolysis) is 1. The molecule has 1 fully saturated rings. The van der Waals surface area contributed by atoms with Crippen LogP contribution in [0.1, 0.15) is 36.8 Å². The summed E-state index contributed by atoms with van der Waals surface area (Å²) in [5.41, 5.74) is 3.56. The van der Waals surface area contributed by atoms with E-state index in [1.54, 1.807) is 6.92 Å². The highest BCUT2D eigenvalue weighted by Gasteiger charge is 2.43. The third-order valence-corrected chi connectivity index (χ3v) is 7.10. The van der Waals surface area contributed by atoms with Crippen LogP contribution in [-0.2, 0) is 14.3 Å². The van der Waals surface area contributed by atoms with Crippen molar-refractivity contribution in [2.45, 2.75) is 31.7 Å². The van der Waals surface area contributed by atoms with Crippen LogP contribution in [0, 0.1) is 5.41 Å². The van der Waals surface area contributed by atoms with Crippen LogP contribution in [0.3, 0.4) is 0 Å². The predicted octanol–water partition coefficient (Wildman–Crippen LogP) is 3.17. The summed E-state index contributed by atoms with van der Waals surface area (Å²) < 4.78 is 5.64. The zero-order valence-corrected chi connectivity index (χ0v) is 20.5. The van der Waals surface area contributed by atoms with Gasteiger partial charge in [0.2, 0.25) is 5.91 Å². The molecule has 2 N–H and O–H groups in total. The van der Waals surface area contributed by atoms with Crippen molar-refractivity contribution in [1.82, 2.24) is 15.1 Å². The number of nitrogens with one attached hydrogen (secondary N) is 1. The van der Waals surface area contributed by atoms with E-state index in [0.29, 0.717) is 25.9 Å². The number of ether oxygens (including phenoxy) is 1. The van der Waals surface area contributed by atoms with Crippen LogP contribution >= 0.6 is 0 Å². The summed E-state index contributed by atoms with van der Waals surface area (Å²) in [7, 11) is 3.79. The average Bonchev–Trinajstić information content (AvgIpc) is 3.39. The fourth-order valence-corrected chi connectivity index (χ4v) is 4.97. The Kier molecular flexibility index (Phi) is 7.12. The van der Waals surface area contributed by atoms with Crippen LogP contribution in [0.25, 0.3) is 11.1 Å². The highest BCUT2D eigenvalue weighted by atomic mass is 16.5. The fraction of sp³-hybridized carbons (Fsp3) is 0.444. The summed E-state index contributed by atoms with van der Waals surface area (Å²) in [4.78, 5) is 41.1. The van der Waals surface area contributed by atoms with Crippen molar-refractivity contribution in [3.8, 4) is 11.1 Å². The Morgan fingerprint density at radius 1 is 1.11 bits per heavy atom. The minimum absolute atomic E-state index is 0.0704. The molecule has 1 aliphatic heterocycles. The first-order valence-electron chi connectivity index (χ1n) is 12.0. The third-order valence-electron chi connectivity index (χ3n) is 7.10. The maximum atomic E-state index is 13.2. The van der Waals surface area contributed by atoms with Crippen LogP contribution in [0.2, 0.25) is 0 Å². The number of hydrogen-bond donors (Lipinski definition) is 2. The van der Waals surface area contributed by atoms with Gasteiger partial charge in [0.25, 0.3) is 0 Å². The first-order chi connectivity index (χ1) is 16.7. The van der Waals surface area contributed by atoms with Gasteiger partial charge in [0, 0.05) is 19.0 Å². The van der Waals surface area contributed by atoms with E-state index in [0.717, 1.165) is 22.3 Å². The van der Waals surface area contributed by atoms with Gasteiger partial charge in [-0.05, 0) is 62.7 Å². The summed E-state index contributed by atoms with van der Waals surface area (Å²) in [6.45, 7) is 2.88. The first-order valence-corrected chi connectivity index (χ1v) is 12.0. The summed E-state index contributed by atoms with van der Waals surface area (Å²) in [5, 5.41) is 12.3. The molecule has 0 saturated carbocycles. The zero-order valence-electron chi connectivity index (χ0n) is 20.5. The molecule has 4 rings (SSSR count). The number of carbonyl (C=O) groups excluding carboxylic acids is 2. The smallest absolute Gasteiger partial charge is 0.407 e. The molecule has 0 radical (unpaired) electrons. The highest BCUT2D eigenvalue weighted by molar-refractivity contribution is 5.87. The summed E-state index contributed by atoms with van der Waals surface area (Å²) in [5.74, 6) is -1.26. The van der Waals surface area contributed by atoms with Gasteiger partial charge < -0.3 is 25.0 Å². The SMILES string of the molecule is CN(C)CCC(NC(=O)OCC1c2ccccc2-c2ccccc21)C(=O)N1CCC(C)(C(=O)O)C1. The van der Waals surface area contributed by atoms with Crippen LogP contribution in [-0.4, -0.2) is 79.3 Å². The second kappa shape index (κ2) is 10.1. The van der Waals surface area contributed by atoms with Gasteiger partial charge in [-0.2, -0.15) is 0 Å². The van der Waals surface area contributed by atoms with Gasteiger partial charge in [0.15, 0.2) is 0 Å². The molecule has 2 aromatic rings. The number of fused-ring (bicyclic) bond motifs is 3. The van der Waals surface area contributed by atoms with Gasteiger partial charge in [0.1, 0.15) is 12.6 Å². The van der Waals surface area contributed by atoms with Crippen molar-refractivity contribution in [2.24, 2.45) is 5.41 Å². The second-order valence-electron chi connectivity index (χ2n) is 9.99.